The van der Waals surface area contributed by atoms with Crippen LogP contribution in [0.2, 0.25) is 0 Å². The fraction of sp³-hybridized carbons (Fsp3) is 0.417. The SMILES string of the molecule is O=C(O)c1ccc2c(c1)CCC(CCN1CCC(c3ccccc3)CC1)C2=NO. The van der Waals surface area contributed by atoms with Gasteiger partial charge in [0.15, 0.2) is 0 Å². The molecule has 1 fully saturated rings. The van der Waals surface area contributed by atoms with E-state index >= 15 is 0 Å². The van der Waals surface area contributed by atoms with E-state index < -0.39 is 5.97 Å². The van der Waals surface area contributed by atoms with Crippen molar-refractivity contribution in [3.8, 4) is 0 Å². The van der Waals surface area contributed by atoms with Crippen LogP contribution in [0.4, 0.5) is 0 Å². The van der Waals surface area contributed by atoms with Gasteiger partial charge < -0.3 is 15.2 Å². The fourth-order valence-electron chi connectivity index (χ4n) is 4.84. The van der Waals surface area contributed by atoms with Crippen molar-refractivity contribution in [1.29, 1.82) is 0 Å². The standard InChI is InChI=1S/C24H28N2O3/c27-24(28)21-8-9-22-20(16-21)7-6-19(23(22)25-29)12-15-26-13-10-18(11-14-26)17-4-2-1-3-5-17/h1-5,8-9,16,18-19,29H,6-7,10-15H2,(H,27,28). The summed E-state index contributed by atoms with van der Waals surface area (Å²) >= 11 is 0. The zero-order valence-corrected chi connectivity index (χ0v) is 16.6. The van der Waals surface area contributed by atoms with Crippen LogP contribution >= 0.6 is 0 Å². The van der Waals surface area contributed by atoms with Crippen molar-refractivity contribution in [2.24, 2.45) is 11.1 Å². The summed E-state index contributed by atoms with van der Waals surface area (Å²) in [6.07, 6.45) is 5.08. The number of rotatable bonds is 5. The van der Waals surface area contributed by atoms with Crippen molar-refractivity contribution in [1.82, 2.24) is 4.90 Å². The van der Waals surface area contributed by atoms with Crippen LogP contribution in [0.5, 0.6) is 0 Å². The molecule has 0 amide bonds. The minimum absolute atomic E-state index is 0.218. The predicted octanol–water partition coefficient (Wildman–Crippen LogP) is 4.40. The van der Waals surface area contributed by atoms with E-state index in [1.807, 2.05) is 0 Å². The van der Waals surface area contributed by atoms with E-state index in [0.29, 0.717) is 17.2 Å². The summed E-state index contributed by atoms with van der Waals surface area (Å²) in [6.45, 7) is 3.22. The van der Waals surface area contributed by atoms with Crippen LogP contribution in [0.15, 0.2) is 53.7 Å². The second-order valence-corrected chi connectivity index (χ2v) is 8.21. The quantitative estimate of drug-likeness (QED) is 0.584. The molecular formula is C24H28N2O3. The third-order valence-electron chi connectivity index (χ3n) is 6.54. The topological polar surface area (TPSA) is 73.1 Å². The first-order valence-electron chi connectivity index (χ1n) is 10.5. The number of carbonyl (C=O) groups is 1. The van der Waals surface area contributed by atoms with Crippen molar-refractivity contribution in [3.63, 3.8) is 0 Å². The number of hydrogen-bond acceptors (Lipinski definition) is 4. The monoisotopic (exact) mass is 392 g/mol. The summed E-state index contributed by atoms with van der Waals surface area (Å²) in [5.41, 5.74) is 4.32. The van der Waals surface area contributed by atoms with E-state index in [-0.39, 0.29) is 5.92 Å². The number of benzene rings is 2. The van der Waals surface area contributed by atoms with Crippen molar-refractivity contribution < 1.29 is 15.1 Å². The highest BCUT2D eigenvalue weighted by molar-refractivity contribution is 6.04. The smallest absolute Gasteiger partial charge is 0.335 e. The van der Waals surface area contributed by atoms with Crippen LogP contribution in [0.3, 0.4) is 0 Å². The summed E-state index contributed by atoms with van der Waals surface area (Å²) in [5.74, 6) is -0.0432. The van der Waals surface area contributed by atoms with Crippen molar-refractivity contribution >= 4 is 11.7 Å². The summed E-state index contributed by atoms with van der Waals surface area (Å²) in [7, 11) is 0. The molecule has 2 aliphatic rings. The average molecular weight is 392 g/mol. The molecule has 0 spiro atoms. The normalized spacial score (nSPS) is 21.8. The lowest BCUT2D eigenvalue weighted by Crippen LogP contribution is -2.36. The van der Waals surface area contributed by atoms with Crippen molar-refractivity contribution in [2.75, 3.05) is 19.6 Å². The molecule has 5 heteroatoms. The van der Waals surface area contributed by atoms with Crippen LogP contribution in [0.1, 0.15) is 58.6 Å². The lowest BCUT2D eigenvalue weighted by Gasteiger charge is -2.34. The number of nitrogens with zero attached hydrogens (tertiary/aromatic N) is 2. The molecule has 0 bridgehead atoms. The van der Waals surface area contributed by atoms with Gasteiger partial charge in [0.1, 0.15) is 0 Å². The largest absolute Gasteiger partial charge is 0.478 e. The second-order valence-electron chi connectivity index (χ2n) is 8.21. The van der Waals surface area contributed by atoms with Crippen LogP contribution in [-0.4, -0.2) is 46.5 Å². The summed E-state index contributed by atoms with van der Waals surface area (Å²) in [4.78, 5) is 13.7. The number of likely N-dealkylation sites (tertiary alicyclic amines) is 1. The van der Waals surface area contributed by atoms with Gasteiger partial charge in [-0.05, 0) is 80.9 Å². The Hall–Kier alpha value is -2.66. The predicted molar refractivity (Wildman–Crippen MR) is 113 cm³/mol. The minimum atomic E-state index is -0.920. The Kier molecular flexibility index (Phi) is 5.95. The van der Waals surface area contributed by atoms with Crippen LogP contribution in [0.25, 0.3) is 0 Å². The highest BCUT2D eigenvalue weighted by Crippen LogP contribution is 2.31. The van der Waals surface area contributed by atoms with E-state index in [4.69, 9.17) is 0 Å². The van der Waals surface area contributed by atoms with Crippen LogP contribution < -0.4 is 0 Å². The molecule has 1 aliphatic heterocycles. The molecule has 1 unspecified atom stereocenters. The third-order valence-corrected chi connectivity index (χ3v) is 6.54. The first kappa shape index (κ1) is 19.6. The van der Waals surface area contributed by atoms with Gasteiger partial charge >= 0.3 is 5.97 Å². The zero-order chi connectivity index (χ0) is 20.2. The molecule has 152 valence electrons. The summed E-state index contributed by atoms with van der Waals surface area (Å²) < 4.78 is 0. The maximum atomic E-state index is 11.2. The van der Waals surface area contributed by atoms with Gasteiger partial charge in [-0.25, -0.2) is 4.79 Å². The first-order valence-corrected chi connectivity index (χ1v) is 10.5. The Labute approximate surface area is 171 Å². The van der Waals surface area contributed by atoms with Gasteiger partial charge in [0.25, 0.3) is 0 Å². The number of aromatic carboxylic acids is 1. The van der Waals surface area contributed by atoms with E-state index in [2.05, 4.69) is 40.4 Å². The van der Waals surface area contributed by atoms with E-state index in [1.165, 1.54) is 18.4 Å². The number of aryl methyl sites for hydroxylation is 1. The number of carboxylic acid groups (broad SMARTS) is 1. The number of fused-ring (bicyclic) bond motifs is 1. The Morgan fingerprint density at radius 2 is 1.83 bits per heavy atom. The molecule has 2 aromatic rings. The Morgan fingerprint density at radius 3 is 2.52 bits per heavy atom. The second kappa shape index (κ2) is 8.78. The van der Waals surface area contributed by atoms with Gasteiger partial charge in [0.2, 0.25) is 0 Å². The number of piperidine rings is 1. The molecule has 0 aromatic heterocycles. The molecule has 1 saturated heterocycles. The van der Waals surface area contributed by atoms with Gasteiger partial charge in [0.05, 0.1) is 11.3 Å². The molecule has 5 nitrogen and oxygen atoms in total. The number of oxime groups is 1. The Balaban J connectivity index is 1.34. The molecule has 0 radical (unpaired) electrons. The highest BCUT2D eigenvalue weighted by Gasteiger charge is 2.28. The molecule has 1 heterocycles. The van der Waals surface area contributed by atoms with Gasteiger partial charge in [-0.1, -0.05) is 41.6 Å². The lowest BCUT2D eigenvalue weighted by atomic mass is 9.79. The van der Waals surface area contributed by atoms with E-state index in [1.54, 1.807) is 18.2 Å². The van der Waals surface area contributed by atoms with Crippen molar-refractivity contribution in [2.45, 2.75) is 38.0 Å². The molecule has 2 N–H and O–H groups in total. The fourth-order valence-corrected chi connectivity index (χ4v) is 4.84. The van der Waals surface area contributed by atoms with Gasteiger partial charge in [-0.3, -0.25) is 0 Å². The van der Waals surface area contributed by atoms with Gasteiger partial charge in [-0.2, -0.15) is 0 Å². The third kappa shape index (κ3) is 4.35. The lowest BCUT2D eigenvalue weighted by molar-refractivity contribution is 0.0696. The van der Waals surface area contributed by atoms with E-state index in [9.17, 15) is 15.1 Å². The summed E-state index contributed by atoms with van der Waals surface area (Å²) in [6, 6.07) is 15.9. The molecule has 2 aromatic carbocycles. The van der Waals surface area contributed by atoms with Crippen LogP contribution in [0, 0.1) is 5.92 Å². The van der Waals surface area contributed by atoms with E-state index in [0.717, 1.165) is 50.0 Å². The number of carboxylic acids is 1. The summed E-state index contributed by atoms with van der Waals surface area (Å²) in [5, 5.41) is 22.4. The molecule has 1 aliphatic carbocycles. The minimum Gasteiger partial charge on any atom is -0.478 e. The first-order chi connectivity index (χ1) is 14.2. The Morgan fingerprint density at radius 1 is 1.07 bits per heavy atom. The Bertz CT molecular complexity index is 886. The zero-order valence-electron chi connectivity index (χ0n) is 16.6. The molecule has 0 saturated carbocycles. The van der Waals surface area contributed by atoms with Crippen molar-refractivity contribution in [3.05, 3.63) is 70.8 Å². The average Bonchev–Trinajstić information content (AvgIpc) is 2.77. The maximum absolute atomic E-state index is 11.2. The molecule has 4 rings (SSSR count). The van der Waals surface area contributed by atoms with Gasteiger partial charge in [-0.15, -0.1) is 0 Å². The van der Waals surface area contributed by atoms with Gasteiger partial charge in [0, 0.05) is 11.5 Å². The number of hydrogen-bond donors (Lipinski definition) is 2. The molecule has 1 atom stereocenters. The van der Waals surface area contributed by atoms with Crippen LogP contribution in [-0.2, 0) is 6.42 Å². The highest BCUT2D eigenvalue weighted by atomic mass is 16.4. The molecular weight excluding hydrogens is 364 g/mol. The maximum Gasteiger partial charge on any atom is 0.335 e. The molecule has 29 heavy (non-hydrogen) atoms.